The molecule has 0 aromatic heterocycles. The van der Waals surface area contributed by atoms with E-state index < -0.39 is 24.1 Å². The summed E-state index contributed by atoms with van der Waals surface area (Å²) in [4.78, 5) is 24.4. The SMILES string of the molecule is CC(=O)NCC1CN(c2ccc(-c3ccc(C(O)CC#N)cc3)c(F)c2)C(=O)O1. The van der Waals surface area contributed by atoms with Gasteiger partial charge in [-0.05, 0) is 29.3 Å². The van der Waals surface area contributed by atoms with Crippen molar-refractivity contribution in [1.29, 1.82) is 5.26 Å². The minimum atomic E-state index is -0.882. The first kappa shape index (κ1) is 20.3. The molecule has 3 rings (SSSR count). The quantitative estimate of drug-likeness (QED) is 0.780. The molecule has 2 N–H and O–H groups in total. The molecule has 0 aliphatic carbocycles. The third kappa shape index (κ3) is 4.70. The average Bonchev–Trinajstić information content (AvgIpc) is 3.07. The molecular weight excluding hydrogens is 377 g/mol. The fourth-order valence-corrected chi connectivity index (χ4v) is 3.09. The first-order chi connectivity index (χ1) is 13.9. The van der Waals surface area contributed by atoms with E-state index >= 15 is 0 Å². The van der Waals surface area contributed by atoms with E-state index in [9.17, 15) is 19.1 Å². The van der Waals surface area contributed by atoms with Crippen LogP contribution < -0.4 is 10.2 Å². The fraction of sp³-hybridized carbons (Fsp3) is 0.286. The number of rotatable bonds is 6. The van der Waals surface area contributed by atoms with Crippen LogP contribution in [0.1, 0.15) is 25.0 Å². The summed E-state index contributed by atoms with van der Waals surface area (Å²) < 4.78 is 19.9. The van der Waals surface area contributed by atoms with Gasteiger partial charge < -0.3 is 15.2 Å². The van der Waals surface area contributed by atoms with Crippen molar-refractivity contribution in [1.82, 2.24) is 5.32 Å². The number of halogens is 1. The average molecular weight is 397 g/mol. The molecule has 0 saturated carbocycles. The Kier molecular flexibility index (Phi) is 6.10. The molecule has 29 heavy (non-hydrogen) atoms. The Balaban J connectivity index is 1.74. The van der Waals surface area contributed by atoms with Gasteiger partial charge in [0.15, 0.2) is 0 Å². The molecule has 1 heterocycles. The van der Waals surface area contributed by atoms with Crippen LogP contribution in [-0.2, 0) is 9.53 Å². The van der Waals surface area contributed by atoms with Gasteiger partial charge in [-0.2, -0.15) is 5.26 Å². The molecule has 1 saturated heterocycles. The number of benzene rings is 2. The number of anilines is 1. The van der Waals surface area contributed by atoms with Gasteiger partial charge in [-0.3, -0.25) is 9.69 Å². The van der Waals surface area contributed by atoms with Gasteiger partial charge in [-0.15, -0.1) is 0 Å². The third-order valence-corrected chi connectivity index (χ3v) is 4.61. The normalized spacial score (nSPS) is 16.8. The van der Waals surface area contributed by atoms with Crippen molar-refractivity contribution in [2.75, 3.05) is 18.0 Å². The molecule has 0 spiro atoms. The standard InChI is InChI=1S/C21H20FN3O4/c1-13(26)24-11-17-12-25(21(28)29-17)16-6-7-18(19(22)10-16)14-2-4-15(5-3-14)20(27)8-9-23/h2-7,10,17,20,27H,8,11-12H2,1H3,(H,24,26). The first-order valence-corrected chi connectivity index (χ1v) is 9.06. The molecule has 8 heteroatoms. The molecule has 7 nitrogen and oxygen atoms in total. The van der Waals surface area contributed by atoms with Crippen LogP contribution in [0, 0.1) is 17.1 Å². The summed E-state index contributed by atoms with van der Waals surface area (Å²) in [6.07, 6.45) is -1.99. The molecule has 2 atom stereocenters. The summed E-state index contributed by atoms with van der Waals surface area (Å²) in [6, 6.07) is 13.0. The number of ether oxygens (including phenoxy) is 1. The Morgan fingerprint density at radius 3 is 2.72 bits per heavy atom. The van der Waals surface area contributed by atoms with Crippen molar-refractivity contribution >= 4 is 17.7 Å². The Bertz CT molecular complexity index is 955. The summed E-state index contributed by atoms with van der Waals surface area (Å²) in [5.74, 6) is -0.730. The van der Waals surface area contributed by atoms with Crippen LogP contribution in [0.2, 0.25) is 0 Å². The second-order valence-corrected chi connectivity index (χ2v) is 6.72. The van der Waals surface area contributed by atoms with E-state index in [1.165, 1.54) is 17.9 Å². The predicted molar refractivity (Wildman–Crippen MR) is 103 cm³/mol. The lowest BCUT2D eigenvalue weighted by Crippen LogP contribution is -2.33. The fourth-order valence-electron chi connectivity index (χ4n) is 3.09. The number of amides is 2. The van der Waals surface area contributed by atoms with Gasteiger partial charge in [0, 0.05) is 12.5 Å². The number of nitrogens with one attached hydrogen (secondary N) is 1. The van der Waals surface area contributed by atoms with Crippen molar-refractivity contribution in [2.45, 2.75) is 25.6 Å². The number of aliphatic hydroxyl groups excluding tert-OH is 1. The maximum Gasteiger partial charge on any atom is 0.414 e. The Labute approximate surface area is 167 Å². The van der Waals surface area contributed by atoms with Gasteiger partial charge >= 0.3 is 6.09 Å². The van der Waals surface area contributed by atoms with Gasteiger partial charge in [0.2, 0.25) is 5.91 Å². The van der Waals surface area contributed by atoms with Crippen molar-refractivity contribution < 1.29 is 23.8 Å². The first-order valence-electron chi connectivity index (χ1n) is 9.06. The summed E-state index contributed by atoms with van der Waals surface area (Å²) >= 11 is 0. The van der Waals surface area contributed by atoms with E-state index in [2.05, 4.69) is 5.32 Å². The number of hydrogen-bond acceptors (Lipinski definition) is 5. The number of cyclic esters (lactones) is 1. The van der Waals surface area contributed by atoms with Crippen LogP contribution in [-0.4, -0.2) is 36.3 Å². The Hall–Kier alpha value is -3.44. The van der Waals surface area contributed by atoms with Gasteiger partial charge in [0.25, 0.3) is 0 Å². The molecule has 150 valence electrons. The van der Waals surface area contributed by atoms with Crippen LogP contribution in [0.15, 0.2) is 42.5 Å². The third-order valence-electron chi connectivity index (χ3n) is 4.61. The van der Waals surface area contributed by atoms with Crippen LogP contribution in [0.4, 0.5) is 14.9 Å². The topological polar surface area (TPSA) is 103 Å². The smallest absolute Gasteiger partial charge is 0.414 e. The number of nitriles is 1. The molecule has 2 amide bonds. The molecule has 2 aromatic rings. The predicted octanol–water partition coefficient (Wildman–Crippen LogP) is 2.90. The van der Waals surface area contributed by atoms with Crippen molar-refractivity contribution in [2.24, 2.45) is 0 Å². The summed E-state index contributed by atoms with van der Waals surface area (Å²) in [7, 11) is 0. The lowest BCUT2D eigenvalue weighted by atomic mass is 10.00. The summed E-state index contributed by atoms with van der Waals surface area (Å²) in [5.41, 5.74) is 1.90. The molecule has 1 aliphatic heterocycles. The van der Waals surface area contributed by atoms with Crippen molar-refractivity contribution in [3.8, 4) is 17.2 Å². The summed E-state index contributed by atoms with van der Waals surface area (Å²) in [5, 5.41) is 21.1. The van der Waals surface area contributed by atoms with Crippen LogP contribution >= 0.6 is 0 Å². The molecule has 1 fully saturated rings. The van der Waals surface area contributed by atoms with E-state index in [1.54, 1.807) is 36.4 Å². The zero-order valence-electron chi connectivity index (χ0n) is 15.8. The number of nitrogens with zero attached hydrogens (tertiary/aromatic N) is 2. The van der Waals surface area contributed by atoms with E-state index in [-0.39, 0.29) is 25.4 Å². The van der Waals surface area contributed by atoms with E-state index in [1.807, 2.05) is 6.07 Å². The minimum Gasteiger partial charge on any atom is -0.442 e. The van der Waals surface area contributed by atoms with E-state index in [0.717, 1.165) is 0 Å². The highest BCUT2D eigenvalue weighted by Gasteiger charge is 2.32. The molecule has 0 bridgehead atoms. The van der Waals surface area contributed by atoms with Crippen molar-refractivity contribution in [3.63, 3.8) is 0 Å². The van der Waals surface area contributed by atoms with Crippen LogP contribution in [0.5, 0.6) is 0 Å². The van der Waals surface area contributed by atoms with Crippen LogP contribution in [0.25, 0.3) is 11.1 Å². The van der Waals surface area contributed by atoms with E-state index in [0.29, 0.717) is 22.4 Å². The number of aliphatic hydroxyl groups is 1. The zero-order valence-corrected chi connectivity index (χ0v) is 15.8. The second-order valence-electron chi connectivity index (χ2n) is 6.72. The highest BCUT2D eigenvalue weighted by molar-refractivity contribution is 5.90. The maximum absolute atomic E-state index is 14.7. The van der Waals surface area contributed by atoms with Gasteiger partial charge in [0.05, 0.1) is 37.4 Å². The minimum absolute atomic E-state index is 0.0166. The largest absolute Gasteiger partial charge is 0.442 e. The number of carbonyl (C=O) groups excluding carboxylic acids is 2. The molecular formula is C21H20FN3O4. The zero-order chi connectivity index (χ0) is 21.0. The van der Waals surface area contributed by atoms with Crippen molar-refractivity contribution in [3.05, 3.63) is 53.8 Å². The monoisotopic (exact) mass is 397 g/mol. The van der Waals surface area contributed by atoms with E-state index in [4.69, 9.17) is 10.00 Å². The molecule has 1 aliphatic rings. The number of hydrogen-bond donors (Lipinski definition) is 2. The lowest BCUT2D eigenvalue weighted by molar-refractivity contribution is -0.119. The van der Waals surface area contributed by atoms with Gasteiger partial charge in [-0.25, -0.2) is 9.18 Å². The Morgan fingerprint density at radius 1 is 1.38 bits per heavy atom. The summed E-state index contributed by atoms with van der Waals surface area (Å²) in [6.45, 7) is 1.78. The molecule has 0 radical (unpaired) electrons. The Morgan fingerprint density at radius 2 is 2.10 bits per heavy atom. The van der Waals surface area contributed by atoms with Gasteiger partial charge in [0.1, 0.15) is 11.9 Å². The molecule has 2 unspecified atom stereocenters. The lowest BCUT2D eigenvalue weighted by Gasteiger charge is -2.15. The van der Waals surface area contributed by atoms with Gasteiger partial charge in [-0.1, -0.05) is 24.3 Å². The number of carbonyl (C=O) groups is 2. The van der Waals surface area contributed by atoms with Crippen LogP contribution in [0.3, 0.4) is 0 Å². The highest BCUT2D eigenvalue weighted by Crippen LogP contribution is 2.30. The molecule has 2 aromatic carbocycles. The maximum atomic E-state index is 14.7. The highest BCUT2D eigenvalue weighted by atomic mass is 19.1. The second kappa shape index (κ2) is 8.71.